The smallest absolute Gasteiger partial charge is 0.343 e. The largest absolute Gasteiger partial charge is 0.462 e. The second-order valence-electron chi connectivity index (χ2n) is 4.13. The molecule has 0 radical (unpaired) electrons. The van der Waals surface area contributed by atoms with Crippen molar-refractivity contribution in [3.8, 4) is 0 Å². The van der Waals surface area contributed by atoms with Gasteiger partial charge in [-0.1, -0.05) is 12.8 Å². The van der Waals surface area contributed by atoms with Gasteiger partial charge in [-0.3, -0.25) is 0 Å². The summed E-state index contributed by atoms with van der Waals surface area (Å²) >= 11 is 0. The minimum Gasteiger partial charge on any atom is -0.462 e. The Morgan fingerprint density at radius 3 is 3.00 bits per heavy atom. The van der Waals surface area contributed by atoms with Crippen molar-refractivity contribution < 1.29 is 9.53 Å². The molecule has 1 aromatic heterocycles. The highest BCUT2D eigenvalue weighted by Crippen LogP contribution is 2.22. The minimum atomic E-state index is -0.367. The van der Waals surface area contributed by atoms with Crippen LogP contribution < -0.4 is 5.32 Å². The Morgan fingerprint density at radius 1 is 1.53 bits per heavy atom. The third kappa shape index (κ3) is 2.93. The van der Waals surface area contributed by atoms with Gasteiger partial charge in [-0.2, -0.15) is 0 Å². The van der Waals surface area contributed by atoms with Crippen LogP contribution in [0.15, 0.2) is 12.5 Å². The van der Waals surface area contributed by atoms with E-state index in [-0.39, 0.29) is 5.97 Å². The van der Waals surface area contributed by atoms with Crippen LogP contribution in [0.3, 0.4) is 0 Å². The molecule has 0 unspecified atom stereocenters. The maximum absolute atomic E-state index is 11.7. The van der Waals surface area contributed by atoms with Gasteiger partial charge < -0.3 is 10.1 Å². The quantitative estimate of drug-likeness (QED) is 0.809. The van der Waals surface area contributed by atoms with Gasteiger partial charge in [0.2, 0.25) is 0 Å². The molecule has 5 heteroatoms. The van der Waals surface area contributed by atoms with Gasteiger partial charge in [-0.05, 0) is 19.8 Å². The Morgan fingerprint density at radius 2 is 2.29 bits per heavy atom. The van der Waals surface area contributed by atoms with Gasteiger partial charge in [0, 0.05) is 12.2 Å². The number of carbonyl (C=O) groups excluding carboxylic acids is 1. The molecule has 0 saturated heterocycles. The van der Waals surface area contributed by atoms with Crippen LogP contribution in [-0.4, -0.2) is 28.6 Å². The SMILES string of the molecule is CCOC(=O)c1cncnc1NC1CCCC1. The molecule has 1 aliphatic rings. The molecule has 5 nitrogen and oxygen atoms in total. The van der Waals surface area contributed by atoms with E-state index < -0.39 is 0 Å². The van der Waals surface area contributed by atoms with Gasteiger partial charge in [-0.15, -0.1) is 0 Å². The zero-order valence-electron chi connectivity index (χ0n) is 9.98. The van der Waals surface area contributed by atoms with E-state index in [0.29, 0.717) is 24.0 Å². The van der Waals surface area contributed by atoms with Crippen molar-refractivity contribution >= 4 is 11.8 Å². The number of esters is 1. The molecule has 0 aliphatic heterocycles. The third-order valence-electron chi connectivity index (χ3n) is 2.90. The zero-order chi connectivity index (χ0) is 12.1. The maximum Gasteiger partial charge on any atom is 0.343 e. The molecule has 0 amide bonds. The lowest BCUT2D eigenvalue weighted by Crippen LogP contribution is -2.19. The minimum absolute atomic E-state index is 0.358. The van der Waals surface area contributed by atoms with E-state index in [1.165, 1.54) is 25.4 Å². The summed E-state index contributed by atoms with van der Waals surface area (Å²) in [5.74, 6) is 0.221. The van der Waals surface area contributed by atoms with Gasteiger partial charge in [-0.25, -0.2) is 14.8 Å². The number of carbonyl (C=O) groups is 1. The van der Waals surface area contributed by atoms with Gasteiger partial charge in [0.1, 0.15) is 17.7 Å². The zero-order valence-corrected chi connectivity index (χ0v) is 9.98. The molecule has 0 aromatic carbocycles. The average molecular weight is 235 g/mol. The molecular formula is C12H17N3O2. The number of hydrogen-bond acceptors (Lipinski definition) is 5. The summed E-state index contributed by atoms with van der Waals surface area (Å²) in [6, 6.07) is 0.415. The normalized spacial score (nSPS) is 15.8. The number of nitrogens with one attached hydrogen (secondary N) is 1. The van der Waals surface area contributed by atoms with Crippen LogP contribution in [-0.2, 0) is 4.74 Å². The predicted molar refractivity (Wildman–Crippen MR) is 63.9 cm³/mol. The number of ether oxygens (including phenoxy) is 1. The monoisotopic (exact) mass is 235 g/mol. The Balaban J connectivity index is 2.12. The lowest BCUT2D eigenvalue weighted by molar-refractivity contribution is 0.0526. The number of nitrogens with zero attached hydrogens (tertiary/aromatic N) is 2. The third-order valence-corrected chi connectivity index (χ3v) is 2.90. The molecule has 2 rings (SSSR count). The van der Waals surface area contributed by atoms with Crippen molar-refractivity contribution in [2.24, 2.45) is 0 Å². The molecule has 1 saturated carbocycles. The first-order valence-corrected chi connectivity index (χ1v) is 6.05. The van der Waals surface area contributed by atoms with Crippen molar-refractivity contribution in [1.29, 1.82) is 0 Å². The summed E-state index contributed by atoms with van der Waals surface area (Å²) in [6.45, 7) is 2.14. The van der Waals surface area contributed by atoms with E-state index in [9.17, 15) is 4.79 Å². The topological polar surface area (TPSA) is 64.1 Å². The summed E-state index contributed by atoms with van der Waals surface area (Å²) in [5.41, 5.74) is 0.418. The number of rotatable bonds is 4. The Kier molecular flexibility index (Phi) is 3.90. The summed E-state index contributed by atoms with van der Waals surface area (Å²) < 4.78 is 4.97. The van der Waals surface area contributed by atoms with Crippen LogP contribution in [0, 0.1) is 0 Å². The molecule has 1 fully saturated rings. The summed E-state index contributed by atoms with van der Waals surface area (Å²) in [7, 11) is 0. The van der Waals surface area contributed by atoms with Crippen molar-refractivity contribution in [2.45, 2.75) is 38.6 Å². The van der Waals surface area contributed by atoms with Gasteiger partial charge in [0.15, 0.2) is 0 Å². The molecule has 1 N–H and O–H groups in total. The number of hydrogen-bond donors (Lipinski definition) is 1. The van der Waals surface area contributed by atoms with Crippen LogP contribution in [0.2, 0.25) is 0 Å². The van der Waals surface area contributed by atoms with Crippen LogP contribution in [0.1, 0.15) is 43.0 Å². The standard InChI is InChI=1S/C12H17N3O2/c1-2-17-12(16)10-7-13-8-14-11(10)15-9-5-3-4-6-9/h7-9H,2-6H2,1H3,(H,13,14,15). The molecule has 17 heavy (non-hydrogen) atoms. The molecule has 0 spiro atoms. The highest BCUT2D eigenvalue weighted by atomic mass is 16.5. The molecule has 0 atom stereocenters. The van der Waals surface area contributed by atoms with E-state index >= 15 is 0 Å². The predicted octanol–water partition coefficient (Wildman–Crippen LogP) is 2.01. The molecule has 1 heterocycles. The van der Waals surface area contributed by atoms with Crippen molar-refractivity contribution in [2.75, 3.05) is 11.9 Å². The van der Waals surface area contributed by atoms with E-state index in [1.54, 1.807) is 6.92 Å². The van der Waals surface area contributed by atoms with E-state index in [0.717, 1.165) is 12.8 Å². The van der Waals surface area contributed by atoms with Crippen LogP contribution in [0.25, 0.3) is 0 Å². The number of aromatic nitrogens is 2. The fourth-order valence-electron chi connectivity index (χ4n) is 2.07. The fourth-order valence-corrected chi connectivity index (χ4v) is 2.07. The Labute approximate surface area is 101 Å². The summed E-state index contributed by atoms with van der Waals surface area (Å²) in [6.07, 6.45) is 7.68. The second kappa shape index (κ2) is 5.61. The lowest BCUT2D eigenvalue weighted by atomic mass is 10.2. The van der Waals surface area contributed by atoms with E-state index in [4.69, 9.17) is 4.74 Å². The number of anilines is 1. The maximum atomic E-state index is 11.7. The highest BCUT2D eigenvalue weighted by molar-refractivity contribution is 5.94. The van der Waals surface area contributed by atoms with Crippen molar-refractivity contribution in [3.05, 3.63) is 18.1 Å². The Hall–Kier alpha value is -1.65. The fraction of sp³-hybridized carbons (Fsp3) is 0.583. The average Bonchev–Trinajstić information content (AvgIpc) is 2.83. The summed E-state index contributed by atoms with van der Waals surface area (Å²) in [5, 5.41) is 3.30. The van der Waals surface area contributed by atoms with Gasteiger partial charge in [0.05, 0.1) is 6.61 Å². The molecular weight excluding hydrogens is 218 g/mol. The molecule has 1 aromatic rings. The van der Waals surface area contributed by atoms with Crippen LogP contribution >= 0.6 is 0 Å². The van der Waals surface area contributed by atoms with Crippen LogP contribution in [0.5, 0.6) is 0 Å². The summed E-state index contributed by atoms with van der Waals surface area (Å²) in [4.78, 5) is 19.7. The van der Waals surface area contributed by atoms with Crippen molar-refractivity contribution in [3.63, 3.8) is 0 Å². The van der Waals surface area contributed by atoms with Gasteiger partial charge >= 0.3 is 5.97 Å². The molecule has 92 valence electrons. The molecule has 0 bridgehead atoms. The van der Waals surface area contributed by atoms with E-state index in [1.807, 2.05) is 0 Å². The first-order chi connectivity index (χ1) is 8.31. The lowest BCUT2D eigenvalue weighted by Gasteiger charge is -2.14. The Bertz CT molecular complexity index is 389. The van der Waals surface area contributed by atoms with Crippen molar-refractivity contribution in [1.82, 2.24) is 9.97 Å². The first-order valence-electron chi connectivity index (χ1n) is 6.05. The second-order valence-corrected chi connectivity index (χ2v) is 4.13. The van der Waals surface area contributed by atoms with E-state index in [2.05, 4.69) is 15.3 Å². The highest BCUT2D eigenvalue weighted by Gasteiger charge is 2.19. The first kappa shape index (κ1) is 11.8. The molecule has 1 aliphatic carbocycles. The van der Waals surface area contributed by atoms with Crippen LogP contribution in [0.4, 0.5) is 5.82 Å². The van der Waals surface area contributed by atoms with Gasteiger partial charge in [0.25, 0.3) is 0 Å².